The number of hydrogen-bond donors (Lipinski definition) is 7. The maximum Gasteiger partial charge on any atom is 0.335 e. The number of unbranched alkanes of at least 4 members (excludes halogenated alkanes) is 1. The number of aliphatic carboxylic acids is 3. The van der Waals surface area contributed by atoms with Gasteiger partial charge in [0.2, 0.25) is 0 Å². The summed E-state index contributed by atoms with van der Waals surface area (Å²) in [6, 6.07) is -0.716. The van der Waals surface area contributed by atoms with Crippen molar-refractivity contribution >= 4 is 17.9 Å². The third-order valence-electron chi connectivity index (χ3n) is 2.09. The van der Waals surface area contributed by atoms with Crippen molar-refractivity contribution in [3.05, 3.63) is 0 Å². The van der Waals surface area contributed by atoms with Gasteiger partial charge in [0.25, 0.3) is 0 Å². The zero-order valence-corrected chi connectivity index (χ0v) is 10.7. The number of hydrogen-bond acceptors (Lipinski definition) is 7. The Kier molecular flexibility index (Phi) is 11.4. The van der Waals surface area contributed by atoms with Crippen LogP contribution in [0.15, 0.2) is 0 Å². The van der Waals surface area contributed by atoms with Gasteiger partial charge in [-0.1, -0.05) is 6.42 Å². The molecule has 0 saturated heterocycles. The molecular formula is C10H20N2O8. The highest BCUT2D eigenvalue weighted by Crippen LogP contribution is 1.97. The molecule has 0 aromatic carbocycles. The highest BCUT2D eigenvalue weighted by molar-refractivity contribution is 5.83. The summed E-state index contributed by atoms with van der Waals surface area (Å²) in [6.45, 7) is 0.604. The van der Waals surface area contributed by atoms with E-state index in [-0.39, 0.29) is 0 Å². The van der Waals surface area contributed by atoms with Crippen LogP contribution in [0.2, 0.25) is 0 Å². The third-order valence-corrected chi connectivity index (χ3v) is 2.09. The molecular weight excluding hydrogens is 276 g/mol. The monoisotopic (exact) mass is 296 g/mol. The fourth-order valence-corrected chi connectivity index (χ4v) is 0.902. The Morgan fingerprint density at radius 1 is 0.850 bits per heavy atom. The van der Waals surface area contributed by atoms with Gasteiger partial charge in [-0.2, -0.15) is 0 Å². The molecule has 0 fully saturated rings. The van der Waals surface area contributed by atoms with Gasteiger partial charge in [0.05, 0.1) is 0 Å². The molecule has 10 nitrogen and oxygen atoms in total. The Labute approximate surface area is 114 Å². The molecule has 0 aromatic heterocycles. The normalized spacial score (nSPS) is 14.4. The van der Waals surface area contributed by atoms with Crippen molar-refractivity contribution in [1.82, 2.24) is 0 Å². The van der Waals surface area contributed by atoms with Gasteiger partial charge in [-0.25, -0.2) is 9.59 Å². The van der Waals surface area contributed by atoms with Crippen molar-refractivity contribution in [2.45, 2.75) is 37.5 Å². The SMILES string of the molecule is NCCCCC(N)C(=O)O.O=C(O)C(O)C(O)C(=O)O. The van der Waals surface area contributed by atoms with Crippen molar-refractivity contribution in [3.8, 4) is 0 Å². The van der Waals surface area contributed by atoms with Gasteiger partial charge < -0.3 is 37.0 Å². The first-order valence-electron chi connectivity index (χ1n) is 5.65. The van der Waals surface area contributed by atoms with E-state index >= 15 is 0 Å². The van der Waals surface area contributed by atoms with Crippen molar-refractivity contribution < 1.29 is 39.9 Å². The second kappa shape index (κ2) is 11.1. The smallest absolute Gasteiger partial charge is 0.335 e. The Balaban J connectivity index is 0. The number of aliphatic hydroxyl groups is 2. The first-order valence-corrected chi connectivity index (χ1v) is 5.65. The molecule has 3 unspecified atom stereocenters. The molecule has 0 rings (SSSR count). The molecule has 0 aromatic rings. The Bertz CT molecular complexity index is 304. The minimum absolute atomic E-state index is 0.520. The van der Waals surface area contributed by atoms with Crippen LogP contribution in [0.3, 0.4) is 0 Å². The molecule has 20 heavy (non-hydrogen) atoms. The zero-order valence-electron chi connectivity index (χ0n) is 10.7. The Morgan fingerprint density at radius 2 is 1.25 bits per heavy atom. The van der Waals surface area contributed by atoms with Crippen LogP contribution in [-0.4, -0.2) is 68.2 Å². The van der Waals surface area contributed by atoms with Crippen LogP contribution in [-0.2, 0) is 14.4 Å². The van der Waals surface area contributed by atoms with E-state index in [1.54, 1.807) is 0 Å². The minimum Gasteiger partial charge on any atom is -0.480 e. The second-order valence-corrected chi connectivity index (χ2v) is 3.80. The summed E-state index contributed by atoms with van der Waals surface area (Å²) in [4.78, 5) is 29.7. The quantitative estimate of drug-likeness (QED) is 0.232. The molecule has 0 amide bonds. The van der Waals surface area contributed by atoms with Crippen LogP contribution >= 0.6 is 0 Å². The molecule has 10 heteroatoms. The number of carboxylic acid groups (broad SMARTS) is 3. The summed E-state index contributed by atoms with van der Waals surface area (Å²) in [5, 5.41) is 40.9. The highest BCUT2D eigenvalue weighted by Gasteiger charge is 2.29. The van der Waals surface area contributed by atoms with Crippen LogP contribution < -0.4 is 11.5 Å². The molecule has 0 aliphatic carbocycles. The average Bonchev–Trinajstić information content (AvgIpc) is 2.37. The first-order chi connectivity index (χ1) is 9.14. The molecule has 0 aliphatic heterocycles. The van der Waals surface area contributed by atoms with E-state index in [0.29, 0.717) is 13.0 Å². The standard InChI is InChI=1S/C6H14N2O2.C4H6O6/c7-4-2-1-3-5(8)6(9)10;5-1(3(7)8)2(6)4(9)10/h5H,1-4,7-8H2,(H,9,10);1-2,5-6H,(H,7,8)(H,9,10). The zero-order chi connectivity index (χ0) is 16.3. The molecule has 0 bridgehead atoms. The lowest BCUT2D eigenvalue weighted by Crippen LogP contribution is -2.39. The van der Waals surface area contributed by atoms with Crippen LogP contribution in [0.1, 0.15) is 19.3 Å². The van der Waals surface area contributed by atoms with Gasteiger partial charge in [-0.3, -0.25) is 4.79 Å². The van der Waals surface area contributed by atoms with E-state index in [1.807, 2.05) is 0 Å². The fraction of sp³-hybridized carbons (Fsp3) is 0.700. The van der Waals surface area contributed by atoms with Gasteiger partial charge in [-0.15, -0.1) is 0 Å². The molecule has 0 radical (unpaired) electrons. The largest absolute Gasteiger partial charge is 0.480 e. The summed E-state index contributed by atoms with van der Waals surface area (Å²) in [6.07, 6.45) is -2.37. The summed E-state index contributed by atoms with van der Waals surface area (Å²) in [5.41, 5.74) is 10.4. The molecule has 0 heterocycles. The number of aliphatic hydroxyl groups excluding tert-OH is 2. The fourth-order valence-electron chi connectivity index (χ4n) is 0.902. The van der Waals surface area contributed by atoms with Crippen LogP contribution in [0, 0.1) is 0 Å². The van der Waals surface area contributed by atoms with E-state index in [9.17, 15) is 14.4 Å². The first kappa shape index (κ1) is 20.6. The molecule has 9 N–H and O–H groups in total. The maximum atomic E-state index is 10.1. The van der Waals surface area contributed by atoms with Gasteiger partial charge in [0.1, 0.15) is 6.04 Å². The highest BCUT2D eigenvalue weighted by atomic mass is 16.4. The predicted octanol–water partition coefficient (Wildman–Crippen LogP) is -2.60. The lowest BCUT2D eigenvalue weighted by atomic mass is 10.1. The Morgan fingerprint density at radius 3 is 1.50 bits per heavy atom. The molecule has 0 spiro atoms. The van der Waals surface area contributed by atoms with E-state index < -0.39 is 36.2 Å². The number of carbonyl (C=O) groups is 3. The molecule has 0 aliphatic rings. The van der Waals surface area contributed by atoms with Crippen molar-refractivity contribution in [3.63, 3.8) is 0 Å². The van der Waals surface area contributed by atoms with Gasteiger partial charge in [0, 0.05) is 0 Å². The van der Waals surface area contributed by atoms with Crippen LogP contribution in [0.4, 0.5) is 0 Å². The molecule has 0 saturated carbocycles. The number of nitrogens with two attached hydrogens (primary N) is 2. The molecule has 118 valence electrons. The predicted molar refractivity (Wildman–Crippen MR) is 65.8 cm³/mol. The van der Waals surface area contributed by atoms with Crippen molar-refractivity contribution in [1.29, 1.82) is 0 Å². The van der Waals surface area contributed by atoms with E-state index in [1.165, 1.54) is 0 Å². The number of rotatable bonds is 8. The maximum absolute atomic E-state index is 10.1. The lowest BCUT2D eigenvalue weighted by Gasteiger charge is -2.07. The lowest BCUT2D eigenvalue weighted by molar-refractivity contribution is -0.165. The summed E-state index contributed by atoms with van der Waals surface area (Å²) < 4.78 is 0. The van der Waals surface area contributed by atoms with E-state index in [4.69, 9.17) is 37.0 Å². The summed E-state index contributed by atoms with van der Waals surface area (Å²) >= 11 is 0. The van der Waals surface area contributed by atoms with Crippen molar-refractivity contribution in [2.75, 3.05) is 6.54 Å². The van der Waals surface area contributed by atoms with Crippen LogP contribution in [0.5, 0.6) is 0 Å². The van der Waals surface area contributed by atoms with Crippen molar-refractivity contribution in [2.24, 2.45) is 11.5 Å². The minimum atomic E-state index is -2.27. The molecule has 3 atom stereocenters. The topological polar surface area (TPSA) is 204 Å². The van der Waals surface area contributed by atoms with Gasteiger partial charge >= 0.3 is 17.9 Å². The van der Waals surface area contributed by atoms with Crippen LogP contribution in [0.25, 0.3) is 0 Å². The number of carboxylic acids is 3. The summed E-state index contributed by atoms with van der Waals surface area (Å²) in [5.74, 6) is -4.47. The average molecular weight is 296 g/mol. The van der Waals surface area contributed by atoms with Gasteiger partial charge in [-0.05, 0) is 19.4 Å². The summed E-state index contributed by atoms with van der Waals surface area (Å²) in [7, 11) is 0. The Hall–Kier alpha value is -1.75. The third kappa shape index (κ3) is 10.2. The van der Waals surface area contributed by atoms with E-state index in [2.05, 4.69) is 0 Å². The van der Waals surface area contributed by atoms with Gasteiger partial charge in [0.15, 0.2) is 12.2 Å². The van der Waals surface area contributed by atoms with E-state index in [0.717, 1.165) is 12.8 Å². The second-order valence-electron chi connectivity index (χ2n) is 3.80.